The molecule has 0 heterocycles. The summed E-state index contributed by atoms with van der Waals surface area (Å²) in [4.78, 5) is 35.4. The van der Waals surface area contributed by atoms with Crippen LogP contribution in [0.1, 0.15) is 27.7 Å². The second-order valence-corrected chi connectivity index (χ2v) is 6.08. The maximum Gasteiger partial charge on any atom is 0.293 e. The predicted molar refractivity (Wildman–Crippen MR) is 82.5 cm³/mol. The standard InChI is InChI=1S/C14H18N2O4S/c1-9(2)8-21-12-5-6-13(16(19)20)14(7-12)15(10(3)17)11(4)18/h5-7,9H,8H2,1-4H3. The van der Waals surface area contributed by atoms with Crippen molar-refractivity contribution in [2.24, 2.45) is 5.92 Å². The van der Waals surface area contributed by atoms with Crippen LogP contribution in [0.2, 0.25) is 0 Å². The molecule has 1 aromatic carbocycles. The van der Waals surface area contributed by atoms with Crippen LogP contribution in [0, 0.1) is 16.0 Å². The van der Waals surface area contributed by atoms with Gasteiger partial charge in [-0.1, -0.05) is 13.8 Å². The van der Waals surface area contributed by atoms with Crippen molar-refractivity contribution in [3.63, 3.8) is 0 Å². The van der Waals surface area contributed by atoms with E-state index in [1.807, 2.05) is 0 Å². The monoisotopic (exact) mass is 310 g/mol. The number of nitrogens with zero attached hydrogens (tertiary/aromatic N) is 2. The Hall–Kier alpha value is -1.89. The molecule has 114 valence electrons. The number of anilines is 1. The van der Waals surface area contributed by atoms with E-state index < -0.39 is 16.7 Å². The molecule has 0 unspecified atom stereocenters. The van der Waals surface area contributed by atoms with Gasteiger partial charge in [-0.2, -0.15) is 0 Å². The Morgan fingerprint density at radius 3 is 2.29 bits per heavy atom. The van der Waals surface area contributed by atoms with Crippen molar-refractivity contribution < 1.29 is 14.5 Å². The van der Waals surface area contributed by atoms with Gasteiger partial charge in [0.05, 0.1) is 4.92 Å². The number of carbonyl (C=O) groups excluding carboxylic acids is 2. The maximum atomic E-state index is 11.6. The van der Waals surface area contributed by atoms with Crippen molar-refractivity contribution in [1.82, 2.24) is 0 Å². The zero-order valence-corrected chi connectivity index (χ0v) is 13.3. The molecule has 0 aliphatic rings. The second kappa shape index (κ2) is 7.21. The first-order valence-electron chi connectivity index (χ1n) is 6.46. The molecule has 0 spiro atoms. The quantitative estimate of drug-likeness (QED) is 0.474. The summed E-state index contributed by atoms with van der Waals surface area (Å²) in [5, 5.41) is 11.1. The SMILES string of the molecule is CC(=O)N(C(C)=O)c1cc(SCC(C)C)ccc1[N+](=O)[O-]. The number of rotatable bonds is 5. The molecule has 1 aromatic rings. The smallest absolute Gasteiger partial charge is 0.274 e. The van der Waals surface area contributed by atoms with E-state index in [0.717, 1.165) is 15.5 Å². The van der Waals surface area contributed by atoms with E-state index in [4.69, 9.17) is 0 Å². The summed E-state index contributed by atoms with van der Waals surface area (Å²) in [7, 11) is 0. The molecule has 0 aliphatic heterocycles. The number of carbonyl (C=O) groups is 2. The Labute approximate surface area is 127 Å². The van der Waals surface area contributed by atoms with Gasteiger partial charge in [0.1, 0.15) is 5.69 Å². The Morgan fingerprint density at radius 2 is 1.86 bits per heavy atom. The molecule has 0 saturated heterocycles. The lowest BCUT2D eigenvalue weighted by atomic mass is 10.2. The molecule has 0 N–H and O–H groups in total. The minimum Gasteiger partial charge on any atom is -0.274 e. The third kappa shape index (κ3) is 4.56. The lowest BCUT2D eigenvalue weighted by molar-refractivity contribution is -0.384. The Kier molecular flexibility index (Phi) is 5.90. The fourth-order valence-corrected chi connectivity index (χ4v) is 2.64. The van der Waals surface area contributed by atoms with Gasteiger partial charge in [0.25, 0.3) is 5.69 Å². The highest BCUT2D eigenvalue weighted by molar-refractivity contribution is 7.99. The van der Waals surface area contributed by atoms with Gasteiger partial charge >= 0.3 is 0 Å². The molecule has 0 saturated carbocycles. The summed E-state index contributed by atoms with van der Waals surface area (Å²) in [5.74, 6) is 0.218. The molecule has 1 rings (SSSR count). The van der Waals surface area contributed by atoms with E-state index in [-0.39, 0.29) is 11.4 Å². The van der Waals surface area contributed by atoms with Crippen LogP contribution in [-0.2, 0) is 9.59 Å². The normalized spacial score (nSPS) is 10.5. The molecule has 2 amide bonds. The van der Waals surface area contributed by atoms with Crippen molar-refractivity contribution in [1.29, 1.82) is 0 Å². The van der Waals surface area contributed by atoms with Crippen LogP contribution in [0.5, 0.6) is 0 Å². The summed E-state index contributed by atoms with van der Waals surface area (Å²) in [6.07, 6.45) is 0. The molecule has 0 fully saturated rings. The van der Waals surface area contributed by atoms with Gasteiger partial charge < -0.3 is 0 Å². The number of nitro benzene ring substituents is 1. The van der Waals surface area contributed by atoms with Crippen LogP contribution in [0.25, 0.3) is 0 Å². The molecule has 0 bridgehead atoms. The third-order valence-electron chi connectivity index (χ3n) is 2.60. The summed E-state index contributed by atoms with van der Waals surface area (Å²) < 4.78 is 0. The van der Waals surface area contributed by atoms with Crippen LogP contribution < -0.4 is 4.90 Å². The van der Waals surface area contributed by atoms with Crippen LogP contribution >= 0.6 is 11.8 Å². The molecule has 0 aromatic heterocycles. The molecule has 21 heavy (non-hydrogen) atoms. The summed E-state index contributed by atoms with van der Waals surface area (Å²) >= 11 is 1.53. The molecular formula is C14H18N2O4S. The van der Waals surface area contributed by atoms with Gasteiger partial charge in [0.15, 0.2) is 0 Å². The van der Waals surface area contributed by atoms with Gasteiger partial charge in [0, 0.05) is 30.6 Å². The molecule has 0 aliphatic carbocycles. The first-order chi connectivity index (χ1) is 9.73. The third-order valence-corrected chi connectivity index (χ3v) is 4.02. The number of hydrogen-bond acceptors (Lipinski definition) is 5. The van der Waals surface area contributed by atoms with Gasteiger partial charge in [-0.25, -0.2) is 4.90 Å². The Bertz CT molecular complexity index is 558. The van der Waals surface area contributed by atoms with Crippen molar-refractivity contribution in [3.05, 3.63) is 28.3 Å². The van der Waals surface area contributed by atoms with Crippen LogP contribution in [-0.4, -0.2) is 22.5 Å². The minimum atomic E-state index is -0.592. The number of thioether (sulfide) groups is 1. The maximum absolute atomic E-state index is 11.6. The summed E-state index contributed by atoms with van der Waals surface area (Å²) in [5.41, 5.74) is -0.233. The fraction of sp³-hybridized carbons (Fsp3) is 0.429. The van der Waals surface area contributed by atoms with E-state index in [9.17, 15) is 19.7 Å². The first-order valence-corrected chi connectivity index (χ1v) is 7.45. The van der Waals surface area contributed by atoms with E-state index in [1.54, 1.807) is 6.07 Å². The van der Waals surface area contributed by atoms with E-state index in [0.29, 0.717) is 5.92 Å². The van der Waals surface area contributed by atoms with Crippen LogP contribution in [0.4, 0.5) is 11.4 Å². The Balaban J connectivity index is 3.29. The zero-order chi connectivity index (χ0) is 16.2. The molecule has 0 atom stereocenters. The van der Waals surface area contributed by atoms with Gasteiger partial charge in [-0.05, 0) is 18.1 Å². The number of hydrogen-bond donors (Lipinski definition) is 0. The zero-order valence-electron chi connectivity index (χ0n) is 12.5. The number of imide groups is 1. The number of amides is 2. The number of nitro groups is 1. The van der Waals surface area contributed by atoms with Crippen LogP contribution in [0.3, 0.4) is 0 Å². The second-order valence-electron chi connectivity index (χ2n) is 4.99. The summed E-state index contributed by atoms with van der Waals surface area (Å²) in [6.45, 7) is 6.55. The Morgan fingerprint density at radius 1 is 1.29 bits per heavy atom. The summed E-state index contributed by atoms with van der Waals surface area (Å²) in [6, 6.07) is 4.48. The minimum absolute atomic E-state index is 0.0220. The van der Waals surface area contributed by atoms with Crippen molar-refractivity contribution >= 4 is 35.0 Å². The van der Waals surface area contributed by atoms with Gasteiger partial charge in [-0.15, -0.1) is 11.8 Å². The highest BCUT2D eigenvalue weighted by Gasteiger charge is 2.25. The lowest BCUT2D eigenvalue weighted by Gasteiger charge is -2.18. The molecule has 7 heteroatoms. The van der Waals surface area contributed by atoms with Crippen molar-refractivity contribution in [3.8, 4) is 0 Å². The van der Waals surface area contributed by atoms with Crippen molar-refractivity contribution in [2.75, 3.05) is 10.7 Å². The van der Waals surface area contributed by atoms with Crippen LogP contribution in [0.15, 0.2) is 23.1 Å². The molecule has 0 radical (unpaired) electrons. The average molecular weight is 310 g/mol. The fourth-order valence-electron chi connectivity index (χ4n) is 1.75. The van der Waals surface area contributed by atoms with E-state index in [2.05, 4.69) is 13.8 Å². The van der Waals surface area contributed by atoms with Gasteiger partial charge in [-0.3, -0.25) is 19.7 Å². The topological polar surface area (TPSA) is 80.5 Å². The highest BCUT2D eigenvalue weighted by atomic mass is 32.2. The first kappa shape index (κ1) is 17.2. The molecular weight excluding hydrogens is 292 g/mol. The lowest BCUT2D eigenvalue weighted by Crippen LogP contribution is -2.33. The van der Waals surface area contributed by atoms with E-state index in [1.165, 1.54) is 37.7 Å². The molecule has 6 nitrogen and oxygen atoms in total. The van der Waals surface area contributed by atoms with Crippen molar-refractivity contribution in [2.45, 2.75) is 32.6 Å². The predicted octanol–water partition coefficient (Wildman–Crippen LogP) is 3.24. The largest absolute Gasteiger partial charge is 0.293 e. The average Bonchev–Trinajstić information content (AvgIpc) is 2.35. The highest BCUT2D eigenvalue weighted by Crippen LogP contribution is 2.33. The van der Waals surface area contributed by atoms with E-state index >= 15 is 0 Å². The van der Waals surface area contributed by atoms with Gasteiger partial charge in [0.2, 0.25) is 11.8 Å². The number of benzene rings is 1.